The summed E-state index contributed by atoms with van der Waals surface area (Å²) in [5.74, 6) is 1.59. The van der Waals surface area contributed by atoms with Gasteiger partial charge in [0, 0.05) is 23.8 Å². The number of aromatic nitrogens is 2. The average Bonchev–Trinajstić information content (AvgIpc) is 3.34. The fraction of sp³-hybridized carbons (Fsp3) is 0.261. The number of benzene rings is 2. The topological polar surface area (TPSA) is 68.5 Å². The molecule has 8 heteroatoms. The summed E-state index contributed by atoms with van der Waals surface area (Å²) >= 11 is 3.11. The van der Waals surface area contributed by atoms with Crippen molar-refractivity contribution in [2.24, 2.45) is 0 Å². The maximum atomic E-state index is 13.2. The number of para-hydroxylation sites is 1. The second kappa shape index (κ2) is 9.53. The number of ether oxygens (including phenoxy) is 1. The Bertz CT molecular complexity index is 1200. The first-order valence-corrected chi connectivity index (χ1v) is 11.7. The highest BCUT2D eigenvalue weighted by atomic mass is 32.2. The van der Waals surface area contributed by atoms with Crippen LogP contribution in [0, 0.1) is 13.8 Å². The van der Waals surface area contributed by atoms with Crippen molar-refractivity contribution in [3.8, 4) is 5.75 Å². The van der Waals surface area contributed by atoms with E-state index in [0.29, 0.717) is 30.2 Å². The van der Waals surface area contributed by atoms with E-state index >= 15 is 0 Å². The molecule has 0 saturated carbocycles. The molecule has 0 aliphatic rings. The second-order valence-electron chi connectivity index (χ2n) is 7.17. The van der Waals surface area contributed by atoms with Gasteiger partial charge in [-0.25, -0.2) is 0 Å². The summed E-state index contributed by atoms with van der Waals surface area (Å²) in [5, 5.41) is 10.1. The van der Waals surface area contributed by atoms with E-state index in [1.165, 1.54) is 0 Å². The van der Waals surface area contributed by atoms with Crippen molar-refractivity contribution in [2.45, 2.75) is 23.9 Å². The molecule has 0 aliphatic carbocycles. The molecule has 6 nitrogen and oxygen atoms in total. The van der Waals surface area contributed by atoms with Gasteiger partial charge in [0.05, 0.1) is 6.54 Å². The normalized spacial score (nSPS) is 11.1. The second-order valence-corrected chi connectivity index (χ2v) is 9.58. The van der Waals surface area contributed by atoms with Crippen molar-refractivity contribution in [1.29, 1.82) is 0 Å². The molecule has 160 valence electrons. The van der Waals surface area contributed by atoms with Crippen LogP contribution in [0.1, 0.15) is 26.7 Å². The first kappa shape index (κ1) is 21.4. The van der Waals surface area contributed by atoms with Gasteiger partial charge in [-0.3, -0.25) is 4.79 Å². The number of amides is 1. The van der Waals surface area contributed by atoms with Gasteiger partial charge in [0.25, 0.3) is 5.91 Å². The molecule has 2 heterocycles. The monoisotopic (exact) mass is 453 g/mol. The highest BCUT2D eigenvalue weighted by Crippen LogP contribution is 2.33. The van der Waals surface area contributed by atoms with Gasteiger partial charge in [-0.05, 0) is 37.6 Å². The molecular weight excluding hydrogens is 430 g/mol. The smallest absolute Gasteiger partial charge is 0.289 e. The Morgan fingerprint density at radius 2 is 2.00 bits per heavy atom. The van der Waals surface area contributed by atoms with Gasteiger partial charge in [-0.1, -0.05) is 53.4 Å². The van der Waals surface area contributed by atoms with Crippen molar-refractivity contribution in [1.82, 2.24) is 15.1 Å². The predicted molar refractivity (Wildman–Crippen MR) is 124 cm³/mol. The lowest BCUT2D eigenvalue weighted by atomic mass is 10.1. The van der Waals surface area contributed by atoms with Gasteiger partial charge in [-0.15, -0.1) is 10.2 Å². The Hall–Kier alpha value is -2.84. The van der Waals surface area contributed by atoms with Crippen LogP contribution in [0.2, 0.25) is 0 Å². The molecule has 0 N–H and O–H groups in total. The number of hydrogen-bond acceptors (Lipinski definition) is 7. The van der Waals surface area contributed by atoms with Crippen LogP contribution in [0.4, 0.5) is 0 Å². The van der Waals surface area contributed by atoms with Crippen LogP contribution >= 0.6 is 23.1 Å². The fourth-order valence-corrected chi connectivity index (χ4v) is 5.01. The molecule has 0 fully saturated rings. The van der Waals surface area contributed by atoms with E-state index < -0.39 is 0 Å². The summed E-state index contributed by atoms with van der Waals surface area (Å²) in [4.78, 5) is 14.8. The zero-order valence-corrected chi connectivity index (χ0v) is 19.3. The number of carbonyl (C=O) groups is 1. The number of furan rings is 1. The van der Waals surface area contributed by atoms with Gasteiger partial charge >= 0.3 is 0 Å². The largest absolute Gasteiger partial charge is 0.492 e. The minimum absolute atomic E-state index is 0.159. The molecule has 0 spiro atoms. The molecular formula is C23H23N3O3S2. The summed E-state index contributed by atoms with van der Waals surface area (Å²) in [6.45, 7) is 4.80. The Labute approximate surface area is 189 Å². The van der Waals surface area contributed by atoms with Gasteiger partial charge in [0.15, 0.2) is 10.1 Å². The number of carbonyl (C=O) groups excluding carboxylic acids is 1. The lowest BCUT2D eigenvalue weighted by molar-refractivity contribution is 0.0743. The van der Waals surface area contributed by atoms with Crippen molar-refractivity contribution < 1.29 is 13.9 Å². The van der Waals surface area contributed by atoms with E-state index in [1.54, 1.807) is 35.0 Å². The van der Waals surface area contributed by atoms with Crippen LogP contribution in [0.5, 0.6) is 5.75 Å². The number of aryl methyl sites for hydroxylation is 2. The summed E-state index contributed by atoms with van der Waals surface area (Å²) in [6.07, 6.45) is 0. The lowest BCUT2D eigenvalue weighted by Crippen LogP contribution is -2.31. The molecule has 0 aliphatic heterocycles. The maximum absolute atomic E-state index is 13.2. The van der Waals surface area contributed by atoms with Crippen LogP contribution in [0.15, 0.2) is 57.3 Å². The first-order valence-electron chi connectivity index (χ1n) is 9.89. The third-order valence-electron chi connectivity index (χ3n) is 4.77. The van der Waals surface area contributed by atoms with Crippen LogP contribution in [0.3, 0.4) is 0 Å². The number of thioether (sulfide) groups is 1. The molecule has 2 aromatic heterocycles. The number of fused-ring (bicyclic) bond motifs is 1. The van der Waals surface area contributed by atoms with Crippen LogP contribution in [-0.4, -0.2) is 41.2 Å². The summed E-state index contributed by atoms with van der Waals surface area (Å²) < 4.78 is 12.7. The molecule has 31 heavy (non-hydrogen) atoms. The van der Waals surface area contributed by atoms with Crippen LogP contribution < -0.4 is 4.74 Å². The predicted octanol–water partition coefficient (Wildman–Crippen LogP) is 5.34. The molecule has 0 atom stereocenters. The number of likely N-dealkylation sites (N-methyl/N-ethyl adjacent to an activating group) is 1. The fourth-order valence-electron chi connectivity index (χ4n) is 3.17. The average molecular weight is 454 g/mol. The number of rotatable bonds is 8. The molecule has 4 rings (SSSR count). The molecule has 1 amide bonds. The van der Waals surface area contributed by atoms with E-state index in [4.69, 9.17) is 9.15 Å². The SMILES string of the molecule is Cc1cccc(OCCN(C)C(=O)c2oc3ccccc3c2CSc2nnc(C)s2)c1. The Morgan fingerprint density at radius 1 is 1.16 bits per heavy atom. The summed E-state index contributed by atoms with van der Waals surface area (Å²) in [7, 11) is 1.76. The van der Waals surface area contributed by atoms with E-state index in [2.05, 4.69) is 10.2 Å². The van der Waals surface area contributed by atoms with Gasteiger partial charge < -0.3 is 14.1 Å². The van der Waals surface area contributed by atoms with Crippen LogP contribution in [0.25, 0.3) is 11.0 Å². The van der Waals surface area contributed by atoms with Gasteiger partial charge in [-0.2, -0.15) is 0 Å². The minimum Gasteiger partial charge on any atom is -0.492 e. The van der Waals surface area contributed by atoms with Gasteiger partial charge in [0.2, 0.25) is 0 Å². The molecule has 0 saturated heterocycles. The van der Waals surface area contributed by atoms with E-state index in [0.717, 1.165) is 31.6 Å². The standard InChI is InChI=1S/C23H23N3O3S2/c1-15-7-6-8-17(13-15)28-12-11-26(3)22(27)21-19(14-30-23-25-24-16(2)31-23)18-9-4-5-10-20(18)29-21/h4-10,13H,11-12,14H2,1-3H3. The van der Waals surface area contributed by atoms with Crippen molar-refractivity contribution in [2.75, 3.05) is 20.2 Å². The molecule has 0 unspecified atom stereocenters. The maximum Gasteiger partial charge on any atom is 0.289 e. The van der Waals surface area contributed by atoms with Crippen molar-refractivity contribution in [3.05, 3.63) is 70.4 Å². The minimum atomic E-state index is -0.159. The molecule has 0 bridgehead atoms. The summed E-state index contributed by atoms with van der Waals surface area (Å²) in [6, 6.07) is 15.6. The first-order chi connectivity index (χ1) is 15.0. The number of hydrogen-bond donors (Lipinski definition) is 0. The molecule has 0 radical (unpaired) electrons. The quantitative estimate of drug-likeness (QED) is 0.335. The zero-order valence-electron chi connectivity index (χ0n) is 17.6. The Morgan fingerprint density at radius 3 is 2.77 bits per heavy atom. The summed E-state index contributed by atoms with van der Waals surface area (Å²) in [5.41, 5.74) is 2.72. The van der Waals surface area contributed by atoms with Crippen molar-refractivity contribution in [3.63, 3.8) is 0 Å². The highest BCUT2D eigenvalue weighted by Gasteiger charge is 2.23. The third kappa shape index (κ3) is 5.08. The number of nitrogens with zero attached hydrogens (tertiary/aromatic N) is 3. The van der Waals surface area contributed by atoms with Crippen molar-refractivity contribution >= 4 is 40.0 Å². The lowest BCUT2D eigenvalue weighted by Gasteiger charge is -2.17. The molecule has 2 aromatic carbocycles. The van der Waals surface area contributed by atoms with Crippen LogP contribution in [-0.2, 0) is 5.75 Å². The zero-order chi connectivity index (χ0) is 21.8. The van der Waals surface area contributed by atoms with Gasteiger partial charge in [0.1, 0.15) is 22.9 Å². The van der Waals surface area contributed by atoms with E-state index in [9.17, 15) is 4.79 Å². The molecule has 4 aromatic rings. The van der Waals surface area contributed by atoms with E-state index in [1.807, 2.05) is 62.4 Å². The Kier molecular flexibility index (Phi) is 6.58. The third-order valence-corrected chi connectivity index (χ3v) is 6.77. The highest BCUT2D eigenvalue weighted by molar-refractivity contribution is 8.00. The Balaban J connectivity index is 1.48. The van der Waals surface area contributed by atoms with E-state index in [-0.39, 0.29) is 5.91 Å².